The van der Waals surface area contributed by atoms with Crippen LogP contribution in [0.15, 0.2) is 36.4 Å². The van der Waals surface area contributed by atoms with E-state index in [9.17, 15) is 27.5 Å². The first-order valence-corrected chi connectivity index (χ1v) is 12.1. The Bertz CT molecular complexity index is 1100. The molecule has 2 aliphatic heterocycles. The molecule has 0 spiro atoms. The molecule has 2 heterocycles. The van der Waals surface area contributed by atoms with E-state index in [-0.39, 0.29) is 43.0 Å². The molecule has 2 aliphatic rings. The highest BCUT2D eigenvalue weighted by atomic mass is 35.5. The number of likely N-dealkylation sites (tertiary alicyclic amines) is 2. The van der Waals surface area contributed by atoms with Gasteiger partial charge in [-0.15, -0.1) is 12.4 Å². The van der Waals surface area contributed by atoms with Crippen LogP contribution in [0, 0.1) is 41.0 Å². The van der Waals surface area contributed by atoms with Gasteiger partial charge < -0.3 is 10.0 Å². The molecule has 0 bridgehead atoms. The molecule has 4 nitrogen and oxygen atoms in total. The Labute approximate surface area is 215 Å². The standard InChI is InChI=1S/C27H32F4N2O2.ClH/c1-15(2)32-13-21(20-7-5-18(28)9-24(20)30)22(14-32)26(34)33-11-16(3)27(35,17(4)12-33)23-8-6-19(29)10-25(23)31;/h5-10,15-17,21-22,35H,11-14H2,1-4H3;1H/t16-,17+,21-,22+,27?;/m0./s1. The van der Waals surface area contributed by atoms with E-state index in [1.54, 1.807) is 18.7 Å². The second-order valence-corrected chi connectivity index (χ2v) is 10.4. The average molecular weight is 529 g/mol. The lowest BCUT2D eigenvalue weighted by Crippen LogP contribution is -2.57. The summed E-state index contributed by atoms with van der Waals surface area (Å²) >= 11 is 0. The van der Waals surface area contributed by atoms with Crippen molar-refractivity contribution in [2.24, 2.45) is 17.8 Å². The molecule has 0 aliphatic carbocycles. The molecule has 2 aromatic rings. The third-order valence-corrected chi connectivity index (χ3v) is 7.92. The summed E-state index contributed by atoms with van der Waals surface area (Å²) < 4.78 is 56.3. The Morgan fingerprint density at radius 3 is 2.00 bits per heavy atom. The van der Waals surface area contributed by atoms with Crippen molar-refractivity contribution in [3.8, 4) is 0 Å². The number of hydrogen-bond donors (Lipinski definition) is 1. The molecule has 0 radical (unpaired) electrons. The van der Waals surface area contributed by atoms with Crippen LogP contribution in [0.4, 0.5) is 17.6 Å². The fourth-order valence-corrected chi connectivity index (χ4v) is 5.88. The van der Waals surface area contributed by atoms with Gasteiger partial charge in [-0.25, -0.2) is 17.6 Å². The molecule has 0 aromatic heterocycles. The lowest BCUT2D eigenvalue weighted by Gasteiger charge is -2.48. The molecule has 9 heteroatoms. The number of carbonyl (C=O) groups excluding carboxylic acids is 1. The van der Waals surface area contributed by atoms with E-state index in [4.69, 9.17) is 0 Å². The molecule has 0 saturated carbocycles. The number of piperidine rings is 1. The van der Waals surface area contributed by atoms with Crippen molar-refractivity contribution in [2.45, 2.75) is 45.3 Å². The summed E-state index contributed by atoms with van der Waals surface area (Å²) in [5, 5.41) is 11.5. The van der Waals surface area contributed by atoms with Gasteiger partial charge in [0.05, 0.1) is 5.92 Å². The van der Waals surface area contributed by atoms with Crippen LogP contribution in [0.2, 0.25) is 0 Å². The molecule has 1 amide bonds. The van der Waals surface area contributed by atoms with Crippen molar-refractivity contribution in [1.29, 1.82) is 0 Å². The van der Waals surface area contributed by atoms with Crippen LogP contribution in [0.5, 0.6) is 0 Å². The van der Waals surface area contributed by atoms with Crippen molar-refractivity contribution in [1.82, 2.24) is 9.80 Å². The number of carbonyl (C=O) groups is 1. The van der Waals surface area contributed by atoms with Crippen LogP contribution < -0.4 is 0 Å². The normalized spacial score (nSPS) is 28.9. The van der Waals surface area contributed by atoms with Gasteiger partial charge in [0.25, 0.3) is 0 Å². The molecule has 36 heavy (non-hydrogen) atoms. The van der Waals surface area contributed by atoms with E-state index >= 15 is 0 Å². The van der Waals surface area contributed by atoms with E-state index in [0.29, 0.717) is 18.7 Å². The van der Waals surface area contributed by atoms with Gasteiger partial charge >= 0.3 is 0 Å². The van der Waals surface area contributed by atoms with E-state index < -0.39 is 52.5 Å². The Kier molecular flexibility index (Phi) is 8.43. The number of hydrogen-bond acceptors (Lipinski definition) is 3. The quantitative estimate of drug-likeness (QED) is 0.562. The first-order chi connectivity index (χ1) is 16.4. The smallest absolute Gasteiger partial charge is 0.227 e. The second kappa shape index (κ2) is 10.7. The summed E-state index contributed by atoms with van der Waals surface area (Å²) in [5.74, 6) is -5.07. The third-order valence-electron chi connectivity index (χ3n) is 7.92. The lowest BCUT2D eigenvalue weighted by atomic mass is 9.70. The summed E-state index contributed by atoms with van der Waals surface area (Å²) in [6.07, 6.45) is 0. The van der Waals surface area contributed by atoms with Gasteiger partial charge in [0.15, 0.2) is 0 Å². The third kappa shape index (κ3) is 5.00. The van der Waals surface area contributed by atoms with Crippen LogP contribution in [0.3, 0.4) is 0 Å². The molecule has 4 rings (SSSR count). The molecule has 198 valence electrons. The number of rotatable bonds is 4. The summed E-state index contributed by atoms with van der Waals surface area (Å²) in [6, 6.07) is 6.75. The highest BCUT2D eigenvalue weighted by Crippen LogP contribution is 2.44. The minimum absolute atomic E-state index is 0. The zero-order valence-corrected chi connectivity index (χ0v) is 21.7. The van der Waals surface area contributed by atoms with Crippen LogP contribution in [-0.2, 0) is 10.4 Å². The first kappa shape index (κ1) is 28.4. The van der Waals surface area contributed by atoms with E-state index in [1.807, 2.05) is 13.8 Å². The van der Waals surface area contributed by atoms with Gasteiger partial charge in [-0.1, -0.05) is 26.0 Å². The maximum atomic E-state index is 14.7. The average Bonchev–Trinajstić information content (AvgIpc) is 3.22. The largest absolute Gasteiger partial charge is 0.384 e. The summed E-state index contributed by atoms with van der Waals surface area (Å²) in [4.78, 5) is 17.5. The molecular formula is C27H33ClF4N2O2. The first-order valence-electron chi connectivity index (χ1n) is 12.1. The van der Waals surface area contributed by atoms with Crippen LogP contribution >= 0.6 is 12.4 Å². The van der Waals surface area contributed by atoms with Gasteiger partial charge in [-0.2, -0.15) is 0 Å². The molecule has 1 unspecified atom stereocenters. The Hall–Kier alpha value is -2.16. The Morgan fingerprint density at radius 2 is 1.47 bits per heavy atom. The zero-order chi connectivity index (χ0) is 25.7. The molecular weight excluding hydrogens is 496 g/mol. The van der Waals surface area contributed by atoms with Gasteiger partial charge in [0.1, 0.15) is 28.9 Å². The second-order valence-electron chi connectivity index (χ2n) is 10.4. The minimum atomic E-state index is -1.57. The maximum Gasteiger partial charge on any atom is 0.227 e. The monoisotopic (exact) mass is 528 g/mol. The SMILES string of the molecule is CC(C)N1C[C@@H](C(=O)N2C[C@@H](C)C(O)(c3ccc(F)cc3F)[C@@H](C)C2)[C@H](c2ccc(F)cc2F)C1.Cl. The van der Waals surface area contributed by atoms with Crippen LogP contribution in [-0.4, -0.2) is 53.0 Å². The van der Waals surface area contributed by atoms with Crippen molar-refractivity contribution in [3.63, 3.8) is 0 Å². The number of halogens is 5. The summed E-state index contributed by atoms with van der Waals surface area (Å²) in [5.41, 5.74) is -1.24. The van der Waals surface area contributed by atoms with Gasteiger partial charge in [-0.3, -0.25) is 9.69 Å². The number of aliphatic hydroxyl groups is 1. The van der Waals surface area contributed by atoms with E-state index in [2.05, 4.69) is 4.90 Å². The Morgan fingerprint density at radius 1 is 0.917 bits per heavy atom. The van der Waals surface area contributed by atoms with Crippen molar-refractivity contribution >= 4 is 18.3 Å². The summed E-state index contributed by atoms with van der Waals surface area (Å²) in [7, 11) is 0. The number of amides is 1. The molecule has 2 aromatic carbocycles. The molecule has 5 atom stereocenters. The van der Waals surface area contributed by atoms with Crippen molar-refractivity contribution in [2.75, 3.05) is 26.2 Å². The minimum Gasteiger partial charge on any atom is -0.384 e. The highest BCUT2D eigenvalue weighted by molar-refractivity contribution is 5.85. The Balaban J connectivity index is 0.00000361. The van der Waals surface area contributed by atoms with E-state index in [1.165, 1.54) is 18.2 Å². The van der Waals surface area contributed by atoms with Gasteiger partial charge in [0.2, 0.25) is 5.91 Å². The van der Waals surface area contributed by atoms with Crippen molar-refractivity contribution < 1.29 is 27.5 Å². The molecule has 1 N–H and O–H groups in total. The number of nitrogens with zero attached hydrogens (tertiary/aromatic N) is 2. The van der Waals surface area contributed by atoms with Gasteiger partial charge in [0, 0.05) is 67.7 Å². The maximum absolute atomic E-state index is 14.7. The van der Waals surface area contributed by atoms with Gasteiger partial charge in [-0.05, 0) is 31.5 Å². The predicted octanol–water partition coefficient (Wildman–Crippen LogP) is 5.09. The van der Waals surface area contributed by atoms with E-state index in [0.717, 1.165) is 18.2 Å². The predicted molar refractivity (Wildman–Crippen MR) is 132 cm³/mol. The zero-order valence-electron chi connectivity index (χ0n) is 20.8. The van der Waals surface area contributed by atoms with Crippen LogP contribution in [0.25, 0.3) is 0 Å². The fraction of sp³-hybridized carbons (Fsp3) is 0.519. The molecule has 2 saturated heterocycles. The number of benzene rings is 2. The fourth-order valence-electron chi connectivity index (χ4n) is 5.88. The summed E-state index contributed by atoms with van der Waals surface area (Å²) in [6.45, 7) is 8.76. The highest BCUT2D eigenvalue weighted by Gasteiger charge is 2.50. The topological polar surface area (TPSA) is 43.8 Å². The molecule has 2 fully saturated rings. The van der Waals surface area contributed by atoms with Crippen LogP contribution in [0.1, 0.15) is 44.7 Å². The van der Waals surface area contributed by atoms with Crippen molar-refractivity contribution in [3.05, 3.63) is 70.8 Å². The lowest BCUT2D eigenvalue weighted by molar-refractivity contribution is -0.153.